The molecule has 0 aliphatic rings. The van der Waals surface area contributed by atoms with Gasteiger partial charge in [-0.1, -0.05) is 29.3 Å². The van der Waals surface area contributed by atoms with Crippen LogP contribution in [0.15, 0.2) is 48.5 Å². The number of aromatic nitrogens is 2. The molecule has 0 saturated carbocycles. The van der Waals surface area contributed by atoms with Crippen molar-refractivity contribution in [2.75, 3.05) is 29.6 Å². The van der Waals surface area contributed by atoms with Gasteiger partial charge in [-0.15, -0.1) is 0 Å². The third kappa shape index (κ3) is 4.36. The van der Waals surface area contributed by atoms with Crippen molar-refractivity contribution in [3.8, 4) is 0 Å². The van der Waals surface area contributed by atoms with Crippen LogP contribution in [0.1, 0.15) is 5.69 Å². The van der Waals surface area contributed by atoms with Crippen LogP contribution in [0.4, 0.5) is 28.8 Å². The van der Waals surface area contributed by atoms with Crippen molar-refractivity contribution in [2.24, 2.45) is 0 Å². The van der Waals surface area contributed by atoms with Crippen molar-refractivity contribution >= 4 is 52.0 Å². The van der Waals surface area contributed by atoms with Crippen LogP contribution < -0.4 is 15.5 Å². The summed E-state index contributed by atoms with van der Waals surface area (Å²) in [6.45, 7) is 1.91. The highest BCUT2D eigenvalue weighted by molar-refractivity contribution is 6.43. The molecule has 1 aromatic heterocycles. The number of anilines is 5. The molecule has 7 heteroatoms. The predicted octanol–water partition coefficient (Wildman–Crippen LogP) is 5.65. The molecule has 0 aliphatic heterocycles. The van der Waals surface area contributed by atoms with Crippen LogP contribution in [0.3, 0.4) is 0 Å². The smallest absolute Gasteiger partial charge is 0.229 e. The van der Waals surface area contributed by atoms with Crippen LogP contribution in [0, 0.1) is 6.92 Å². The normalized spacial score (nSPS) is 10.5. The molecular formula is C19H19Cl2N5. The molecule has 0 atom stereocenters. The molecule has 1 heterocycles. The second-order valence-electron chi connectivity index (χ2n) is 6.01. The lowest BCUT2D eigenvalue weighted by Crippen LogP contribution is -2.08. The fourth-order valence-electron chi connectivity index (χ4n) is 2.40. The van der Waals surface area contributed by atoms with Gasteiger partial charge in [0.25, 0.3) is 0 Å². The summed E-state index contributed by atoms with van der Waals surface area (Å²) in [7, 11) is 4.02. The van der Waals surface area contributed by atoms with E-state index in [1.807, 2.05) is 63.5 Å². The quantitative estimate of drug-likeness (QED) is 0.592. The monoisotopic (exact) mass is 387 g/mol. The van der Waals surface area contributed by atoms with Crippen molar-refractivity contribution in [3.05, 3.63) is 64.3 Å². The van der Waals surface area contributed by atoms with Crippen LogP contribution in [0.25, 0.3) is 0 Å². The summed E-state index contributed by atoms with van der Waals surface area (Å²) in [5.74, 6) is 1.14. The molecule has 5 nitrogen and oxygen atoms in total. The van der Waals surface area contributed by atoms with E-state index in [-0.39, 0.29) is 0 Å². The van der Waals surface area contributed by atoms with Gasteiger partial charge < -0.3 is 15.5 Å². The number of nitrogens with one attached hydrogen (secondary N) is 2. The van der Waals surface area contributed by atoms with E-state index in [0.29, 0.717) is 27.5 Å². The number of hydrogen-bond acceptors (Lipinski definition) is 5. The zero-order chi connectivity index (χ0) is 18.7. The Kier molecular flexibility index (Phi) is 5.49. The number of nitrogens with zero attached hydrogens (tertiary/aromatic N) is 3. The van der Waals surface area contributed by atoms with Gasteiger partial charge in [0, 0.05) is 37.2 Å². The minimum Gasteiger partial charge on any atom is -0.378 e. The van der Waals surface area contributed by atoms with E-state index in [9.17, 15) is 0 Å². The van der Waals surface area contributed by atoms with Gasteiger partial charge in [0.1, 0.15) is 5.82 Å². The SMILES string of the molecule is Cc1cc(Nc2ccc(N(C)C)cc2)nc(Nc2cccc(Cl)c2Cl)n1. The maximum Gasteiger partial charge on any atom is 0.229 e. The summed E-state index contributed by atoms with van der Waals surface area (Å²) in [6.07, 6.45) is 0. The van der Waals surface area contributed by atoms with Crippen LogP contribution >= 0.6 is 23.2 Å². The van der Waals surface area contributed by atoms with E-state index in [4.69, 9.17) is 23.2 Å². The van der Waals surface area contributed by atoms with Crippen molar-refractivity contribution in [3.63, 3.8) is 0 Å². The lowest BCUT2D eigenvalue weighted by atomic mass is 10.2. The molecule has 0 aliphatic carbocycles. The molecule has 2 N–H and O–H groups in total. The second kappa shape index (κ2) is 7.81. The third-order valence-corrected chi connectivity index (χ3v) is 4.53. The second-order valence-corrected chi connectivity index (χ2v) is 6.80. The summed E-state index contributed by atoms with van der Waals surface area (Å²) in [5.41, 5.74) is 3.56. The highest BCUT2D eigenvalue weighted by Crippen LogP contribution is 2.31. The van der Waals surface area contributed by atoms with Crippen LogP contribution in [0.5, 0.6) is 0 Å². The van der Waals surface area contributed by atoms with Crippen molar-refractivity contribution in [2.45, 2.75) is 6.92 Å². The lowest BCUT2D eigenvalue weighted by Gasteiger charge is -2.14. The summed E-state index contributed by atoms with van der Waals surface area (Å²) in [4.78, 5) is 11.0. The Bertz CT molecular complexity index is 910. The Morgan fingerprint density at radius 1 is 0.923 bits per heavy atom. The molecule has 0 fully saturated rings. The predicted molar refractivity (Wildman–Crippen MR) is 111 cm³/mol. The lowest BCUT2D eigenvalue weighted by molar-refractivity contribution is 1.11. The topological polar surface area (TPSA) is 53.1 Å². The van der Waals surface area contributed by atoms with E-state index in [1.165, 1.54) is 0 Å². The average Bonchev–Trinajstić information content (AvgIpc) is 2.59. The maximum atomic E-state index is 6.22. The first-order chi connectivity index (χ1) is 12.4. The molecule has 0 unspecified atom stereocenters. The minimum absolute atomic E-state index is 0.438. The van der Waals surface area contributed by atoms with Crippen LogP contribution in [-0.2, 0) is 0 Å². The fourth-order valence-corrected chi connectivity index (χ4v) is 2.75. The fraction of sp³-hybridized carbons (Fsp3) is 0.158. The zero-order valence-electron chi connectivity index (χ0n) is 14.7. The molecule has 0 spiro atoms. The molecular weight excluding hydrogens is 369 g/mol. The highest BCUT2D eigenvalue weighted by Gasteiger charge is 2.08. The molecule has 3 rings (SSSR count). The maximum absolute atomic E-state index is 6.22. The van der Waals surface area contributed by atoms with E-state index in [2.05, 4.69) is 25.5 Å². The molecule has 134 valence electrons. The summed E-state index contributed by atoms with van der Waals surface area (Å²) < 4.78 is 0. The Labute approximate surface area is 163 Å². The van der Waals surface area contributed by atoms with E-state index in [0.717, 1.165) is 17.1 Å². The van der Waals surface area contributed by atoms with Crippen molar-refractivity contribution in [1.29, 1.82) is 0 Å². The molecule has 0 saturated heterocycles. The molecule has 26 heavy (non-hydrogen) atoms. The Balaban J connectivity index is 1.82. The van der Waals surface area contributed by atoms with Gasteiger partial charge in [-0.3, -0.25) is 0 Å². The number of rotatable bonds is 5. The number of halogens is 2. The first-order valence-electron chi connectivity index (χ1n) is 8.03. The van der Waals surface area contributed by atoms with Gasteiger partial charge in [-0.2, -0.15) is 4.98 Å². The standard InChI is InChI=1S/C19H19Cl2N5/c1-12-11-17(23-13-7-9-14(10-8-13)26(2)3)25-19(22-12)24-16-6-4-5-15(20)18(16)21/h4-11H,1-3H3,(H2,22,23,24,25). The third-order valence-electron chi connectivity index (χ3n) is 3.71. The molecule has 0 bridgehead atoms. The van der Waals surface area contributed by atoms with Gasteiger partial charge in [-0.05, 0) is 43.3 Å². The average molecular weight is 388 g/mol. The first-order valence-corrected chi connectivity index (χ1v) is 8.79. The van der Waals surface area contributed by atoms with Gasteiger partial charge in [-0.25, -0.2) is 4.98 Å². The molecule has 0 amide bonds. The Morgan fingerprint density at radius 3 is 2.35 bits per heavy atom. The van der Waals surface area contributed by atoms with Crippen molar-refractivity contribution in [1.82, 2.24) is 9.97 Å². The van der Waals surface area contributed by atoms with Gasteiger partial charge in [0.05, 0.1) is 15.7 Å². The number of benzene rings is 2. The molecule has 2 aromatic carbocycles. The van der Waals surface area contributed by atoms with Crippen LogP contribution in [-0.4, -0.2) is 24.1 Å². The summed E-state index contributed by atoms with van der Waals surface area (Å²) in [5, 5.41) is 7.33. The minimum atomic E-state index is 0.438. The van der Waals surface area contributed by atoms with Crippen molar-refractivity contribution < 1.29 is 0 Å². The highest BCUT2D eigenvalue weighted by atomic mass is 35.5. The van der Waals surface area contributed by atoms with E-state index in [1.54, 1.807) is 6.07 Å². The van der Waals surface area contributed by atoms with E-state index < -0.39 is 0 Å². The molecule has 0 radical (unpaired) electrons. The Morgan fingerprint density at radius 2 is 1.65 bits per heavy atom. The van der Waals surface area contributed by atoms with Gasteiger partial charge >= 0.3 is 0 Å². The number of aryl methyl sites for hydroxylation is 1. The van der Waals surface area contributed by atoms with Gasteiger partial charge in [0.2, 0.25) is 5.95 Å². The van der Waals surface area contributed by atoms with Gasteiger partial charge in [0.15, 0.2) is 0 Å². The number of hydrogen-bond donors (Lipinski definition) is 2. The molecule has 3 aromatic rings. The zero-order valence-corrected chi connectivity index (χ0v) is 16.2. The summed E-state index contributed by atoms with van der Waals surface area (Å²) in [6, 6.07) is 15.4. The van der Waals surface area contributed by atoms with Crippen LogP contribution in [0.2, 0.25) is 10.0 Å². The van der Waals surface area contributed by atoms with E-state index >= 15 is 0 Å². The largest absolute Gasteiger partial charge is 0.378 e. The first kappa shape index (κ1) is 18.3. The Hall–Kier alpha value is -2.50. The summed E-state index contributed by atoms with van der Waals surface area (Å²) >= 11 is 12.3.